The first-order valence-electron chi connectivity index (χ1n) is 44.1. The Hall–Kier alpha value is -8.48. The van der Waals surface area contributed by atoms with Crippen LogP contribution in [0, 0.1) is 0 Å². The number of methoxy groups -OCH3 is 8. The molecule has 0 bridgehead atoms. The molecule has 0 N–H and O–H groups in total. The second-order valence-electron chi connectivity index (χ2n) is 33.9. The van der Waals surface area contributed by atoms with E-state index < -0.39 is 34.2 Å². The molecule has 0 saturated heterocycles. The first-order valence-corrected chi connectivity index (χ1v) is 47.3. The highest BCUT2D eigenvalue weighted by Crippen LogP contribution is 2.63. The van der Waals surface area contributed by atoms with Gasteiger partial charge in [-0.2, -0.15) is 0 Å². The third-order valence-corrected chi connectivity index (χ3v) is 29.7. The summed E-state index contributed by atoms with van der Waals surface area (Å²) in [5.74, 6) is -1.04. The van der Waals surface area contributed by atoms with Crippen LogP contribution in [-0.4, -0.2) is 205 Å². The lowest BCUT2D eigenvalue weighted by Gasteiger charge is -2.34. The fraction of sp³-hybridized carbons (Fsp3) is 0.385. The minimum absolute atomic E-state index is 0.0538. The van der Waals surface area contributed by atoms with Gasteiger partial charge in [0, 0.05) is 199 Å². The molecule has 0 spiro atoms. The summed E-state index contributed by atoms with van der Waals surface area (Å²) in [4.78, 5) is 68.2. The van der Waals surface area contributed by atoms with E-state index in [1.54, 1.807) is 76.5 Å². The van der Waals surface area contributed by atoms with Crippen molar-refractivity contribution < 1.29 is 76.0 Å². The maximum Gasteiger partial charge on any atom is 0.265 e. The van der Waals surface area contributed by atoms with Gasteiger partial charge in [-0.3, -0.25) is 29.0 Å². The van der Waals surface area contributed by atoms with Gasteiger partial charge in [0.15, 0.2) is 12.6 Å². The Labute approximate surface area is 783 Å². The lowest BCUT2D eigenvalue weighted by molar-refractivity contribution is -0.151. The number of benzene rings is 8. The molecule has 18 rings (SSSR count). The topological polar surface area (TPSA) is 192 Å². The summed E-state index contributed by atoms with van der Waals surface area (Å²) in [5.41, 5.74) is 25.5. The van der Waals surface area contributed by atoms with Crippen molar-refractivity contribution in [3.63, 3.8) is 0 Å². The highest BCUT2D eigenvalue weighted by Gasteiger charge is 2.56. The molecule has 8 aromatic rings. The summed E-state index contributed by atoms with van der Waals surface area (Å²) in [7, 11) is 13.8. The maximum atomic E-state index is 15.8. The van der Waals surface area contributed by atoms with Crippen molar-refractivity contribution in [2.45, 2.75) is 113 Å². The predicted molar refractivity (Wildman–Crippen MR) is 510 cm³/mol. The second-order valence-corrected chi connectivity index (χ2v) is 37.6. The minimum atomic E-state index is -0.762. The summed E-state index contributed by atoms with van der Waals surface area (Å²) in [6.45, 7) is 13.5. The molecule has 4 aliphatic carbocycles. The van der Waals surface area contributed by atoms with Gasteiger partial charge in [0.25, 0.3) is 23.6 Å². The van der Waals surface area contributed by atoms with Crippen molar-refractivity contribution in [2.24, 2.45) is 0 Å². The van der Waals surface area contributed by atoms with Crippen molar-refractivity contribution in [1.82, 2.24) is 19.6 Å². The summed E-state index contributed by atoms with van der Waals surface area (Å²) >= 11 is 15.0. The standard InChI is InChI=1S/C56H66Br2N2O10.C48H42Br2N2O6/c1-9-67-47(68-10-2)33-59-51(35-13-17-39-41-19-15-37(57)31-45(41)55(21-25-63-5,22-26-64-6)43(39)29-35)49-50(53(59)61)52(60(54(49)62)34-48(69-11-3)70-12-4)36-14-18-40-42-20-16-38(58)32-46(42)56(23-27-65-7,24-28-66-8)44(40)30-36;1-55-17-11-47(12-18-56-2)37-23-29(49)5-7-31(37)35-21-27-9-15-51-43(33(27)25-39(35)47)41-42(46(51)54)44-34-26-40-36(22-28(34)10-16-52(44)45(41)53)32-8-6-30(50)24-38(32)48(40,13-19-57-3)14-20-58-4/h13-20,29-32,47-48H,9-12,21-28,33-34H2,1-8H3;5-10,15-16,21-26H,11-14,17-20H2,1-4H3. The van der Waals surface area contributed by atoms with E-state index in [-0.39, 0.29) is 36.7 Å². The normalized spacial score (nSPS) is 17.1. The molecule has 0 aromatic heterocycles. The smallest absolute Gasteiger partial charge is 0.265 e. The van der Waals surface area contributed by atoms with E-state index in [4.69, 9.17) is 56.8 Å². The zero-order chi connectivity index (χ0) is 89.8. The fourth-order valence-electron chi connectivity index (χ4n) is 22.0. The average molecular weight is 1990 g/mol. The number of rotatable bonds is 38. The van der Waals surface area contributed by atoms with Crippen molar-refractivity contribution in [3.8, 4) is 44.5 Å². The summed E-state index contributed by atoms with van der Waals surface area (Å²) < 4.78 is 74.6. The Morgan fingerprint density at radius 1 is 0.281 bits per heavy atom. The first kappa shape index (κ1) is 91.4. The van der Waals surface area contributed by atoms with E-state index in [1.807, 2.05) is 64.4 Å². The molecule has 24 heteroatoms. The van der Waals surface area contributed by atoms with Gasteiger partial charge < -0.3 is 66.6 Å². The molecule has 8 aromatic carbocycles. The molecule has 4 amide bonds. The predicted octanol–water partition coefficient (Wildman–Crippen LogP) is 20.2. The molecule has 6 aliphatic heterocycles. The van der Waals surface area contributed by atoms with E-state index in [0.29, 0.717) is 150 Å². The third-order valence-electron chi connectivity index (χ3n) is 27.7. The minimum Gasteiger partial charge on any atom is -0.385 e. The lowest BCUT2D eigenvalue weighted by atomic mass is 9.72. The lowest BCUT2D eigenvalue weighted by Crippen LogP contribution is -2.39. The van der Waals surface area contributed by atoms with Gasteiger partial charge in [-0.15, -0.1) is 0 Å². The van der Waals surface area contributed by atoms with Crippen LogP contribution in [0.15, 0.2) is 186 Å². The molecule has 20 nitrogen and oxygen atoms in total. The van der Waals surface area contributed by atoms with Crippen molar-refractivity contribution in [2.75, 3.05) is 149 Å². The SMILES string of the molecule is CCOC(CN1C(=O)C2=C(c3ccc4c(c3)C(CCOC)(CCOC)c3cc(Br)ccc3-4)N(CC(OCC)OCC)C(=O)C2=C1c1ccc2c(c1)C(CCOC)(CCOC)c1cc(Br)ccc1-2)OCC.COCCC1(CCOC)c2cc(Br)ccc2-c2cc3c(cc21)C1=C2C(=O)N4C=Cc5cc6c(cc5C4=C2C(=O)N1C=C3)C(CCOC)(CCOC)c1cc(Br)ccc1-6. The quantitative estimate of drug-likeness (QED) is 0.0332. The number of carbonyl (C=O) groups is 4. The highest BCUT2D eigenvalue weighted by molar-refractivity contribution is 9.11. The van der Waals surface area contributed by atoms with Crippen molar-refractivity contribution in [1.29, 1.82) is 0 Å². The molecule has 128 heavy (non-hydrogen) atoms. The van der Waals surface area contributed by atoms with Crippen molar-refractivity contribution in [3.05, 3.63) is 264 Å². The van der Waals surface area contributed by atoms with Gasteiger partial charge in [0.1, 0.15) is 0 Å². The van der Waals surface area contributed by atoms with Crippen LogP contribution in [0.25, 0.3) is 79.4 Å². The number of halogens is 4. The van der Waals surface area contributed by atoms with E-state index >= 15 is 9.59 Å². The Kier molecular flexibility index (Phi) is 27.1. The van der Waals surface area contributed by atoms with Crippen LogP contribution < -0.4 is 0 Å². The number of carbonyl (C=O) groups excluding carboxylic acids is 4. The molecular weight excluding hydrogens is 1880 g/mol. The van der Waals surface area contributed by atoms with E-state index in [2.05, 4.69) is 185 Å². The summed E-state index contributed by atoms with van der Waals surface area (Å²) in [6.07, 6.45) is 11.9. The van der Waals surface area contributed by atoms with Crippen molar-refractivity contribution >= 4 is 122 Å². The molecule has 0 atom stereocenters. The largest absolute Gasteiger partial charge is 0.385 e. The molecule has 0 unspecified atom stereocenters. The van der Waals surface area contributed by atoms with Gasteiger partial charge >= 0.3 is 0 Å². The second kappa shape index (κ2) is 38.0. The van der Waals surface area contributed by atoms with Crippen LogP contribution in [0.5, 0.6) is 0 Å². The summed E-state index contributed by atoms with van der Waals surface area (Å²) in [5, 5.41) is 0. The zero-order valence-electron chi connectivity index (χ0n) is 74.6. The average Bonchev–Trinajstić information content (AvgIpc) is 1.55. The zero-order valence-corrected chi connectivity index (χ0v) is 80.9. The van der Waals surface area contributed by atoms with Gasteiger partial charge in [-0.05, 0) is 287 Å². The number of hydrogen-bond acceptors (Lipinski definition) is 16. The molecular formula is C104H108Br4N4O16. The Bertz CT molecular complexity index is 5580. The molecule has 0 fully saturated rings. The molecule has 0 radical (unpaired) electrons. The monoisotopic (exact) mass is 1980 g/mol. The maximum absolute atomic E-state index is 15.8. The fourth-order valence-corrected chi connectivity index (χ4v) is 23.4. The number of nitrogens with zero attached hydrogens (tertiary/aromatic N) is 4. The molecule has 6 heterocycles. The van der Waals surface area contributed by atoms with Gasteiger partial charge in [-0.1, -0.05) is 112 Å². The van der Waals surface area contributed by atoms with Crippen LogP contribution in [-0.2, 0) is 97.7 Å². The first-order chi connectivity index (χ1) is 62.2. The van der Waals surface area contributed by atoms with E-state index in [0.717, 1.165) is 133 Å². The van der Waals surface area contributed by atoms with Crippen LogP contribution in [0.2, 0.25) is 0 Å². The number of ether oxygens (including phenoxy) is 12. The Morgan fingerprint density at radius 3 is 0.789 bits per heavy atom. The summed E-state index contributed by atoms with van der Waals surface area (Å²) in [6, 6.07) is 47.5. The Morgan fingerprint density at radius 2 is 0.523 bits per heavy atom. The molecule has 0 saturated carbocycles. The number of hydrogen-bond donors (Lipinski definition) is 0. The number of amides is 4. The van der Waals surface area contributed by atoms with Crippen LogP contribution in [0.3, 0.4) is 0 Å². The van der Waals surface area contributed by atoms with Crippen LogP contribution in [0.4, 0.5) is 0 Å². The molecule has 668 valence electrons. The number of fused-ring (bicyclic) bond motifs is 20. The van der Waals surface area contributed by atoms with Crippen LogP contribution >= 0.6 is 63.7 Å². The van der Waals surface area contributed by atoms with E-state index in [9.17, 15) is 9.59 Å². The van der Waals surface area contributed by atoms with Gasteiger partial charge in [0.2, 0.25) is 0 Å². The van der Waals surface area contributed by atoms with Gasteiger partial charge in [0.05, 0.1) is 58.2 Å². The molecule has 10 aliphatic rings. The van der Waals surface area contributed by atoms with Gasteiger partial charge in [-0.25, -0.2) is 0 Å². The van der Waals surface area contributed by atoms with Crippen LogP contribution in [0.1, 0.15) is 157 Å². The Balaban J connectivity index is 0.000000183. The third kappa shape index (κ3) is 15.2. The van der Waals surface area contributed by atoms with E-state index in [1.165, 1.54) is 33.4 Å². The highest BCUT2D eigenvalue weighted by atomic mass is 79.9.